The Morgan fingerprint density at radius 2 is 1.87 bits per heavy atom. The van der Waals surface area contributed by atoms with Crippen molar-refractivity contribution in [2.75, 3.05) is 19.0 Å². The highest BCUT2D eigenvalue weighted by atomic mass is 16.3. The van der Waals surface area contributed by atoms with Gasteiger partial charge < -0.3 is 10.0 Å². The van der Waals surface area contributed by atoms with Gasteiger partial charge in [-0.05, 0) is 17.7 Å². The molecule has 0 spiro atoms. The summed E-state index contributed by atoms with van der Waals surface area (Å²) >= 11 is 0. The first-order valence-corrected chi connectivity index (χ1v) is 5.14. The van der Waals surface area contributed by atoms with Crippen molar-refractivity contribution in [3.05, 3.63) is 23.4 Å². The Balaban J connectivity index is 3.23. The van der Waals surface area contributed by atoms with E-state index >= 15 is 0 Å². The van der Waals surface area contributed by atoms with Crippen LogP contribution in [0, 0.1) is 0 Å². The molecule has 1 heterocycles. The lowest BCUT2D eigenvalue weighted by Crippen LogP contribution is -2.18. The summed E-state index contributed by atoms with van der Waals surface area (Å²) in [5.41, 5.74) is 1.94. The van der Waals surface area contributed by atoms with E-state index in [0.717, 1.165) is 17.1 Å². The molecule has 0 atom stereocenters. The van der Waals surface area contributed by atoms with E-state index in [4.69, 9.17) is 0 Å². The summed E-state index contributed by atoms with van der Waals surface area (Å²) in [5.74, 6) is 0.895. The van der Waals surface area contributed by atoms with Gasteiger partial charge in [0.15, 0.2) is 0 Å². The Kier molecular flexibility index (Phi) is 3.35. The van der Waals surface area contributed by atoms with Crippen LogP contribution in [0.4, 0.5) is 5.82 Å². The van der Waals surface area contributed by atoms with E-state index in [0.29, 0.717) is 0 Å². The van der Waals surface area contributed by atoms with Crippen molar-refractivity contribution in [2.45, 2.75) is 32.8 Å². The van der Waals surface area contributed by atoms with Gasteiger partial charge in [0.2, 0.25) is 0 Å². The smallest absolute Gasteiger partial charge is 0.128 e. The molecule has 0 radical (unpaired) electrons. The van der Waals surface area contributed by atoms with Crippen molar-refractivity contribution in [2.24, 2.45) is 0 Å². The number of anilines is 1. The summed E-state index contributed by atoms with van der Waals surface area (Å²) in [5, 5.41) is 9.19. The number of pyridine rings is 1. The van der Waals surface area contributed by atoms with Crippen LogP contribution in [0.15, 0.2) is 12.1 Å². The molecule has 15 heavy (non-hydrogen) atoms. The second-order valence-electron chi connectivity index (χ2n) is 5.02. The predicted octanol–water partition coefficient (Wildman–Crippen LogP) is 1.94. The number of aliphatic hydroxyl groups is 1. The van der Waals surface area contributed by atoms with E-state index in [-0.39, 0.29) is 12.0 Å². The molecule has 3 heteroatoms. The molecule has 0 aliphatic carbocycles. The first-order valence-electron chi connectivity index (χ1n) is 5.14. The fourth-order valence-corrected chi connectivity index (χ4v) is 1.28. The van der Waals surface area contributed by atoms with E-state index in [1.165, 1.54) is 0 Å². The Hall–Kier alpha value is -1.09. The van der Waals surface area contributed by atoms with E-state index in [1.807, 2.05) is 31.1 Å². The Bertz CT molecular complexity index is 340. The fraction of sp³-hybridized carbons (Fsp3) is 0.583. The highest BCUT2D eigenvalue weighted by Gasteiger charge is 2.17. The second-order valence-corrected chi connectivity index (χ2v) is 5.02. The minimum atomic E-state index is 0.00986. The molecule has 0 aliphatic rings. The van der Waals surface area contributed by atoms with Crippen molar-refractivity contribution in [3.8, 4) is 0 Å². The summed E-state index contributed by atoms with van der Waals surface area (Å²) in [6.45, 7) is 6.42. The van der Waals surface area contributed by atoms with Gasteiger partial charge in [0.25, 0.3) is 0 Å². The van der Waals surface area contributed by atoms with Gasteiger partial charge in [-0.25, -0.2) is 4.98 Å². The minimum absolute atomic E-state index is 0.00986. The average Bonchev–Trinajstić information content (AvgIpc) is 2.15. The lowest BCUT2D eigenvalue weighted by molar-refractivity contribution is 0.281. The van der Waals surface area contributed by atoms with Crippen LogP contribution >= 0.6 is 0 Å². The maximum atomic E-state index is 9.19. The van der Waals surface area contributed by atoms with Gasteiger partial charge in [0, 0.05) is 25.2 Å². The Morgan fingerprint density at radius 3 is 2.27 bits per heavy atom. The highest BCUT2D eigenvalue weighted by Crippen LogP contribution is 2.24. The molecule has 0 fully saturated rings. The number of aliphatic hydroxyl groups excluding tert-OH is 1. The number of aromatic nitrogens is 1. The third kappa shape index (κ3) is 2.93. The van der Waals surface area contributed by atoms with E-state index in [1.54, 1.807) is 0 Å². The maximum Gasteiger partial charge on any atom is 0.128 e. The standard InChI is InChI=1S/C12H20N2O/c1-12(2,3)10-6-9(8-15)7-11(13-10)14(4)5/h6-7,15H,8H2,1-5H3. The molecule has 0 amide bonds. The number of hydrogen-bond acceptors (Lipinski definition) is 3. The average molecular weight is 208 g/mol. The molecule has 0 saturated heterocycles. The lowest BCUT2D eigenvalue weighted by Gasteiger charge is -2.21. The number of hydrogen-bond donors (Lipinski definition) is 1. The molecular weight excluding hydrogens is 188 g/mol. The first kappa shape index (κ1) is 12.0. The van der Waals surface area contributed by atoms with Crippen molar-refractivity contribution >= 4 is 5.82 Å². The van der Waals surface area contributed by atoms with E-state index in [2.05, 4.69) is 25.8 Å². The normalized spacial score (nSPS) is 11.6. The van der Waals surface area contributed by atoms with Crippen molar-refractivity contribution in [3.63, 3.8) is 0 Å². The van der Waals surface area contributed by atoms with Gasteiger partial charge in [-0.15, -0.1) is 0 Å². The van der Waals surface area contributed by atoms with Crippen LogP contribution in [0.5, 0.6) is 0 Å². The SMILES string of the molecule is CN(C)c1cc(CO)cc(C(C)(C)C)n1. The largest absolute Gasteiger partial charge is 0.392 e. The zero-order valence-electron chi connectivity index (χ0n) is 10.2. The molecule has 1 rings (SSSR count). The van der Waals surface area contributed by atoms with Gasteiger partial charge >= 0.3 is 0 Å². The topological polar surface area (TPSA) is 36.4 Å². The summed E-state index contributed by atoms with van der Waals surface area (Å²) in [6.07, 6.45) is 0. The van der Waals surface area contributed by atoms with Crippen molar-refractivity contribution in [1.29, 1.82) is 0 Å². The minimum Gasteiger partial charge on any atom is -0.392 e. The van der Waals surface area contributed by atoms with Crippen molar-refractivity contribution < 1.29 is 5.11 Å². The van der Waals surface area contributed by atoms with E-state index in [9.17, 15) is 5.11 Å². The molecular formula is C12H20N2O. The van der Waals surface area contributed by atoms with Crippen LogP contribution in [-0.4, -0.2) is 24.2 Å². The van der Waals surface area contributed by atoms with Crippen LogP contribution in [0.3, 0.4) is 0 Å². The first-order chi connectivity index (χ1) is 6.84. The molecule has 0 saturated carbocycles. The van der Waals surface area contributed by atoms with Gasteiger partial charge in [-0.3, -0.25) is 0 Å². The molecule has 0 bridgehead atoms. The van der Waals surface area contributed by atoms with Gasteiger partial charge in [0.05, 0.1) is 6.61 Å². The molecule has 0 aromatic carbocycles. The molecule has 0 aliphatic heterocycles. The van der Waals surface area contributed by atoms with Crippen molar-refractivity contribution in [1.82, 2.24) is 4.98 Å². The number of rotatable bonds is 2. The molecule has 3 nitrogen and oxygen atoms in total. The summed E-state index contributed by atoms with van der Waals surface area (Å²) in [4.78, 5) is 6.52. The quantitative estimate of drug-likeness (QED) is 0.807. The third-order valence-corrected chi connectivity index (χ3v) is 2.28. The van der Waals surface area contributed by atoms with Crippen LogP contribution in [-0.2, 0) is 12.0 Å². The molecule has 1 aromatic heterocycles. The Morgan fingerprint density at radius 1 is 1.27 bits per heavy atom. The lowest BCUT2D eigenvalue weighted by atomic mass is 9.91. The molecule has 1 N–H and O–H groups in total. The van der Waals surface area contributed by atoms with Crippen LogP contribution in [0.25, 0.3) is 0 Å². The van der Waals surface area contributed by atoms with Gasteiger partial charge in [-0.1, -0.05) is 20.8 Å². The van der Waals surface area contributed by atoms with Crippen LogP contribution in [0.2, 0.25) is 0 Å². The second kappa shape index (κ2) is 4.19. The third-order valence-electron chi connectivity index (χ3n) is 2.28. The number of nitrogens with zero attached hydrogens (tertiary/aromatic N) is 2. The fourth-order valence-electron chi connectivity index (χ4n) is 1.28. The Labute approximate surface area is 91.8 Å². The zero-order chi connectivity index (χ0) is 11.6. The monoisotopic (exact) mass is 208 g/mol. The summed E-state index contributed by atoms with van der Waals surface area (Å²) in [7, 11) is 3.91. The summed E-state index contributed by atoms with van der Waals surface area (Å²) < 4.78 is 0. The highest BCUT2D eigenvalue weighted by molar-refractivity contribution is 5.42. The summed E-state index contributed by atoms with van der Waals surface area (Å²) in [6, 6.07) is 3.88. The predicted molar refractivity (Wildman–Crippen MR) is 63.2 cm³/mol. The molecule has 84 valence electrons. The van der Waals surface area contributed by atoms with E-state index < -0.39 is 0 Å². The molecule has 0 unspecified atom stereocenters. The molecule has 1 aromatic rings. The maximum absolute atomic E-state index is 9.19. The van der Waals surface area contributed by atoms with Crippen LogP contribution in [0.1, 0.15) is 32.0 Å². The van der Waals surface area contributed by atoms with Crippen LogP contribution < -0.4 is 4.90 Å². The van der Waals surface area contributed by atoms with Gasteiger partial charge in [-0.2, -0.15) is 0 Å². The zero-order valence-corrected chi connectivity index (χ0v) is 10.2. The van der Waals surface area contributed by atoms with Gasteiger partial charge in [0.1, 0.15) is 5.82 Å².